The molecule has 2 aromatic rings. The first-order valence-electron chi connectivity index (χ1n) is 5.90. The number of nitro groups is 1. The second-order valence-corrected chi connectivity index (χ2v) is 4.35. The van der Waals surface area contributed by atoms with Crippen LogP contribution in [0.25, 0.3) is 0 Å². The van der Waals surface area contributed by atoms with Crippen molar-refractivity contribution in [2.75, 3.05) is 5.32 Å². The zero-order chi connectivity index (χ0) is 14.7. The fourth-order valence-corrected chi connectivity index (χ4v) is 1.82. The van der Waals surface area contributed by atoms with E-state index in [9.17, 15) is 18.9 Å². The Bertz CT molecular complexity index is 660. The van der Waals surface area contributed by atoms with Crippen LogP contribution in [0, 0.1) is 28.7 Å². The average Bonchev–Trinajstić information content (AvgIpc) is 2.38. The van der Waals surface area contributed by atoms with Gasteiger partial charge >= 0.3 is 0 Å². The number of aryl methyl sites for hydroxylation is 1. The zero-order valence-electron chi connectivity index (χ0n) is 10.7. The van der Waals surface area contributed by atoms with Crippen LogP contribution in [0.15, 0.2) is 36.4 Å². The van der Waals surface area contributed by atoms with Gasteiger partial charge in [0.15, 0.2) is 0 Å². The summed E-state index contributed by atoms with van der Waals surface area (Å²) >= 11 is 0. The van der Waals surface area contributed by atoms with Crippen molar-refractivity contribution in [3.05, 3.63) is 69.3 Å². The van der Waals surface area contributed by atoms with E-state index in [0.717, 1.165) is 6.07 Å². The Morgan fingerprint density at radius 3 is 2.55 bits per heavy atom. The maximum absolute atomic E-state index is 13.5. The van der Waals surface area contributed by atoms with E-state index in [2.05, 4.69) is 5.32 Å². The lowest BCUT2D eigenvalue weighted by molar-refractivity contribution is -0.384. The number of rotatable bonds is 4. The van der Waals surface area contributed by atoms with Gasteiger partial charge in [-0.2, -0.15) is 0 Å². The molecule has 0 fully saturated rings. The molecule has 0 bridgehead atoms. The Morgan fingerprint density at radius 2 is 1.95 bits per heavy atom. The van der Waals surface area contributed by atoms with Gasteiger partial charge in [0.05, 0.1) is 4.92 Å². The van der Waals surface area contributed by atoms with Gasteiger partial charge in [-0.25, -0.2) is 8.78 Å². The molecule has 20 heavy (non-hydrogen) atoms. The van der Waals surface area contributed by atoms with Gasteiger partial charge in [0, 0.05) is 36.0 Å². The summed E-state index contributed by atoms with van der Waals surface area (Å²) in [5.41, 5.74) is 1.67. The van der Waals surface area contributed by atoms with Crippen molar-refractivity contribution in [1.29, 1.82) is 0 Å². The van der Waals surface area contributed by atoms with Gasteiger partial charge in [0.2, 0.25) is 0 Å². The highest BCUT2D eigenvalue weighted by Gasteiger charge is 2.09. The van der Waals surface area contributed by atoms with Crippen LogP contribution in [0.1, 0.15) is 11.1 Å². The molecule has 0 radical (unpaired) electrons. The fraction of sp³-hybridized carbons (Fsp3) is 0.143. The number of benzene rings is 2. The first-order valence-corrected chi connectivity index (χ1v) is 5.90. The van der Waals surface area contributed by atoms with Crippen LogP contribution < -0.4 is 5.32 Å². The molecule has 4 nitrogen and oxygen atoms in total. The Morgan fingerprint density at radius 1 is 1.20 bits per heavy atom. The largest absolute Gasteiger partial charge is 0.381 e. The second kappa shape index (κ2) is 5.64. The molecule has 6 heteroatoms. The summed E-state index contributed by atoms with van der Waals surface area (Å²) in [6.07, 6.45) is 0. The number of non-ortho nitro benzene ring substituents is 1. The van der Waals surface area contributed by atoms with E-state index < -0.39 is 16.6 Å². The number of nitrogens with one attached hydrogen (secondary N) is 1. The number of anilines is 1. The van der Waals surface area contributed by atoms with Crippen molar-refractivity contribution in [1.82, 2.24) is 0 Å². The van der Waals surface area contributed by atoms with Crippen molar-refractivity contribution in [3.63, 3.8) is 0 Å². The second-order valence-electron chi connectivity index (χ2n) is 4.35. The quantitative estimate of drug-likeness (QED) is 0.683. The van der Waals surface area contributed by atoms with Crippen LogP contribution in [0.3, 0.4) is 0 Å². The molecular weight excluding hydrogens is 266 g/mol. The van der Waals surface area contributed by atoms with E-state index in [1.165, 1.54) is 24.3 Å². The highest BCUT2D eigenvalue weighted by atomic mass is 19.1. The Hall–Kier alpha value is -2.50. The zero-order valence-corrected chi connectivity index (χ0v) is 10.7. The molecule has 0 heterocycles. The lowest BCUT2D eigenvalue weighted by Crippen LogP contribution is -2.03. The maximum atomic E-state index is 13.5. The monoisotopic (exact) mass is 278 g/mol. The van der Waals surface area contributed by atoms with Crippen molar-refractivity contribution in [2.45, 2.75) is 13.5 Å². The first-order chi connectivity index (χ1) is 9.47. The van der Waals surface area contributed by atoms with Crippen LogP contribution in [0.2, 0.25) is 0 Å². The normalized spacial score (nSPS) is 10.3. The summed E-state index contributed by atoms with van der Waals surface area (Å²) in [4.78, 5) is 10.1. The predicted octanol–water partition coefficient (Wildman–Crippen LogP) is 3.79. The van der Waals surface area contributed by atoms with E-state index >= 15 is 0 Å². The van der Waals surface area contributed by atoms with Crippen LogP contribution in [-0.4, -0.2) is 4.92 Å². The van der Waals surface area contributed by atoms with Crippen molar-refractivity contribution in [2.24, 2.45) is 0 Å². The third kappa shape index (κ3) is 3.09. The maximum Gasteiger partial charge on any atom is 0.269 e. The summed E-state index contributed by atoms with van der Waals surface area (Å²) < 4.78 is 26.2. The summed E-state index contributed by atoms with van der Waals surface area (Å²) in [6, 6.07) is 7.73. The Balaban J connectivity index is 2.13. The van der Waals surface area contributed by atoms with E-state index in [1.807, 2.05) is 0 Å². The highest BCUT2D eigenvalue weighted by Crippen LogP contribution is 2.22. The average molecular weight is 278 g/mol. The molecule has 0 aliphatic heterocycles. The third-order valence-electron chi connectivity index (χ3n) is 2.91. The van der Waals surface area contributed by atoms with Crippen molar-refractivity contribution < 1.29 is 13.7 Å². The molecule has 0 unspecified atom stereocenters. The molecule has 0 aliphatic carbocycles. The molecule has 2 rings (SSSR count). The molecule has 104 valence electrons. The SMILES string of the molecule is Cc1cc([N+](=O)[O-])ccc1NCc1ccc(F)cc1F. The van der Waals surface area contributed by atoms with E-state index in [-0.39, 0.29) is 12.2 Å². The summed E-state index contributed by atoms with van der Waals surface area (Å²) in [6.45, 7) is 1.89. The number of hydrogen-bond acceptors (Lipinski definition) is 3. The summed E-state index contributed by atoms with van der Waals surface area (Å²) in [5, 5.41) is 13.6. The summed E-state index contributed by atoms with van der Waals surface area (Å²) in [5.74, 6) is -1.25. The third-order valence-corrected chi connectivity index (χ3v) is 2.91. The smallest absolute Gasteiger partial charge is 0.269 e. The van der Waals surface area contributed by atoms with Crippen molar-refractivity contribution in [3.8, 4) is 0 Å². The topological polar surface area (TPSA) is 55.2 Å². The van der Waals surface area contributed by atoms with Crippen LogP contribution in [0.4, 0.5) is 20.2 Å². The molecule has 0 spiro atoms. The summed E-state index contributed by atoms with van der Waals surface area (Å²) in [7, 11) is 0. The van der Waals surface area contributed by atoms with Crippen LogP contribution >= 0.6 is 0 Å². The molecule has 0 aliphatic rings. The van der Waals surface area contributed by atoms with Crippen LogP contribution in [-0.2, 0) is 6.54 Å². The Kier molecular flexibility index (Phi) is 3.93. The molecule has 1 N–H and O–H groups in total. The lowest BCUT2D eigenvalue weighted by Gasteiger charge is -2.10. The number of nitro benzene ring substituents is 1. The Labute approximate surface area is 114 Å². The molecule has 0 saturated carbocycles. The first kappa shape index (κ1) is 13.9. The predicted molar refractivity (Wildman–Crippen MR) is 71.5 cm³/mol. The molecule has 0 saturated heterocycles. The highest BCUT2D eigenvalue weighted by molar-refractivity contribution is 5.55. The fourth-order valence-electron chi connectivity index (χ4n) is 1.82. The van der Waals surface area contributed by atoms with Gasteiger partial charge in [0.1, 0.15) is 11.6 Å². The minimum absolute atomic E-state index is 0.000938. The standard InChI is InChI=1S/C14H12F2N2O2/c1-9-6-12(18(19)20)4-5-14(9)17-8-10-2-3-11(15)7-13(10)16/h2-7,17H,8H2,1H3. The minimum atomic E-state index is -0.628. The number of hydrogen-bond donors (Lipinski definition) is 1. The molecular formula is C14H12F2N2O2. The van der Waals surface area contributed by atoms with Crippen molar-refractivity contribution >= 4 is 11.4 Å². The van der Waals surface area contributed by atoms with Gasteiger partial charge < -0.3 is 5.32 Å². The molecule has 0 atom stereocenters. The number of halogens is 2. The molecule has 2 aromatic carbocycles. The van der Waals surface area contributed by atoms with E-state index in [4.69, 9.17) is 0 Å². The van der Waals surface area contributed by atoms with Gasteiger partial charge in [-0.15, -0.1) is 0 Å². The minimum Gasteiger partial charge on any atom is -0.381 e. The lowest BCUT2D eigenvalue weighted by atomic mass is 10.1. The van der Waals surface area contributed by atoms with Gasteiger partial charge in [0.25, 0.3) is 5.69 Å². The molecule has 0 aromatic heterocycles. The van der Waals surface area contributed by atoms with Gasteiger partial charge in [-0.1, -0.05) is 6.07 Å². The van der Waals surface area contributed by atoms with Gasteiger partial charge in [-0.05, 0) is 24.6 Å². The van der Waals surface area contributed by atoms with E-state index in [0.29, 0.717) is 16.8 Å². The molecule has 0 amide bonds. The number of nitrogens with zero attached hydrogens (tertiary/aromatic N) is 1. The van der Waals surface area contributed by atoms with Crippen LogP contribution in [0.5, 0.6) is 0 Å². The van der Waals surface area contributed by atoms with Gasteiger partial charge in [-0.3, -0.25) is 10.1 Å². The van der Waals surface area contributed by atoms with E-state index in [1.54, 1.807) is 13.0 Å².